The quantitative estimate of drug-likeness (QED) is 0.850. The number of phenols is 1. The Bertz CT molecular complexity index is 512. The molecule has 1 heterocycles. The molecule has 1 aliphatic rings. The minimum absolute atomic E-state index is 0.0812. The van der Waals surface area contributed by atoms with E-state index >= 15 is 0 Å². The number of carbonyl (C=O) groups excluding carboxylic acids is 1. The van der Waals surface area contributed by atoms with Crippen molar-refractivity contribution in [2.45, 2.75) is 19.8 Å². The molecule has 1 aromatic rings. The topological polar surface area (TPSA) is 77.8 Å². The van der Waals surface area contributed by atoms with E-state index in [2.05, 4.69) is 0 Å². The van der Waals surface area contributed by atoms with E-state index in [0.29, 0.717) is 30.5 Å². The Kier molecular flexibility index (Phi) is 3.74. The van der Waals surface area contributed by atoms with Crippen LogP contribution in [-0.4, -0.2) is 40.1 Å². The number of benzene rings is 1. The van der Waals surface area contributed by atoms with Gasteiger partial charge in [-0.1, -0.05) is 6.07 Å². The molecule has 102 valence electrons. The predicted molar refractivity (Wildman–Crippen MR) is 69.1 cm³/mol. The summed E-state index contributed by atoms with van der Waals surface area (Å²) >= 11 is 0. The molecule has 0 saturated carbocycles. The molecule has 0 spiro atoms. The second kappa shape index (κ2) is 5.30. The van der Waals surface area contributed by atoms with Gasteiger partial charge >= 0.3 is 5.97 Å². The maximum absolute atomic E-state index is 12.3. The monoisotopic (exact) mass is 263 g/mol. The lowest BCUT2D eigenvalue weighted by Crippen LogP contribution is -2.42. The van der Waals surface area contributed by atoms with Crippen LogP contribution in [-0.2, 0) is 4.79 Å². The first-order valence-corrected chi connectivity index (χ1v) is 6.30. The lowest BCUT2D eigenvalue weighted by Gasteiger charge is -2.30. The van der Waals surface area contributed by atoms with Gasteiger partial charge in [-0.05, 0) is 37.5 Å². The van der Waals surface area contributed by atoms with Gasteiger partial charge in [0.15, 0.2) is 0 Å². The number of piperidine rings is 1. The van der Waals surface area contributed by atoms with Crippen molar-refractivity contribution >= 4 is 11.9 Å². The van der Waals surface area contributed by atoms with Gasteiger partial charge in [0.25, 0.3) is 5.91 Å². The molecule has 1 fully saturated rings. The molecule has 1 aliphatic heterocycles. The van der Waals surface area contributed by atoms with E-state index in [1.807, 2.05) is 0 Å². The molecule has 0 radical (unpaired) electrons. The van der Waals surface area contributed by atoms with Crippen LogP contribution < -0.4 is 0 Å². The van der Waals surface area contributed by atoms with E-state index in [4.69, 9.17) is 5.11 Å². The van der Waals surface area contributed by atoms with Crippen LogP contribution in [0.2, 0.25) is 0 Å². The molecule has 1 atom stereocenters. The molecule has 1 saturated heterocycles. The summed E-state index contributed by atoms with van der Waals surface area (Å²) in [7, 11) is 0. The van der Waals surface area contributed by atoms with Crippen LogP contribution in [0, 0.1) is 12.8 Å². The molecule has 0 bridgehead atoms. The number of hydrogen-bond donors (Lipinski definition) is 2. The molecule has 2 rings (SSSR count). The van der Waals surface area contributed by atoms with Gasteiger partial charge in [-0.2, -0.15) is 0 Å². The Morgan fingerprint density at radius 3 is 2.74 bits per heavy atom. The van der Waals surface area contributed by atoms with Crippen molar-refractivity contribution in [1.82, 2.24) is 4.90 Å². The number of carboxylic acid groups (broad SMARTS) is 1. The first kappa shape index (κ1) is 13.4. The third kappa shape index (κ3) is 2.86. The largest absolute Gasteiger partial charge is 0.508 e. The van der Waals surface area contributed by atoms with Crippen LogP contribution >= 0.6 is 0 Å². The highest BCUT2D eigenvalue weighted by atomic mass is 16.4. The summed E-state index contributed by atoms with van der Waals surface area (Å²) in [6.45, 7) is 2.56. The molecule has 5 nitrogen and oxygen atoms in total. The number of aliphatic carboxylic acids is 1. The van der Waals surface area contributed by atoms with Gasteiger partial charge in [-0.25, -0.2) is 0 Å². The maximum Gasteiger partial charge on any atom is 0.308 e. The van der Waals surface area contributed by atoms with Crippen LogP contribution in [0.25, 0.3) is 0 Å². The molecule has 1 amide bonds. The zero-order valence-corrected chi connectivity index (χ0v) is 10.8. The number of phenolic OH excluding ortho intramolecular Hbond substituents is 1. The molecule has 2 N–H and O–H groups in total. The van der Waals surface area contributed by atoms with Gasteiger partial charge in [-0.3, -0.25) is 9.59 Å². The Morgan fingerprint density at radius 2 is 2.11 bits per heavy atom. The van der Waals surface area contributed by atoms with Crippen LogP contribution in [0.4, 0.5) is 0 Å². The first-order valence-electron chi connectivity index (χ1n) is 6.30. The standard InChI is InChI=1S/C14H17NO4/c1-9-4-5-10(7-12(9)16)13(17)15-6-2-3-11(8-15)14(18)19/h4-5,7,11,16H,2-3,6,8H2,1H3,(H,18,19). The van der Waals surface area contributed by atoms with Crippen molar-refractivity contribution in [3.63, 3.8) is 0 Å². The fraction of sp³-hybridized carbons (Fsp3) is 0.429. The highest BCUT2D eigenvalue weighted by molar-refractivity contribution is 5.95. The number of carbonyl (C=O) groups is 2. The third-order valence-electron chi connectivity index (χ3n) is 3.51. The van der Waals surface area contributed by atoms with Crippen LogP contribution in [0.5, 0.6) is 5.75 Å². The summed E-state index contributed by atoms with van der Waals surface area (Å²) in [5.74, 6) is -1.49. The fourth-order valence-corrected chi connectivity index (χ4v) is 2.29. The van der Waals surface area contributed by atoms with Gasteiger partial charge < -0.3 is 15.1 Å². The number of aryl methyl sites for hydroxylation is 1. The molecular weight excluding hydrogens is 246 g/mol. The maximum atomic E-state index is 12.3. The lowest BCUT2D eigenvalue weighted by atomic mass is 9.97. The average molecular weight is 263 g/mol. The van der Waals surface area contributed by atoms with Crippen molar-refractivity contribution < 1.29 is 19.8 Å². The lowest BCUT2D eigenvalue weighted by molar-refractivity contribution is -0.143. The van der Waals surface area contributed by atoms with Gasteiger partial charge in [0.1, 0.15) is 5.75 Å². The van der Waals surface area contributed by atoms with Crippen molar-refractivity contribution in [2.24, 2.45) is 5.92 Å². The summed E-state index contributed by atoms with van der Waals surface area (Å²) in [4.78, 5) is 24.8. The Hall–Kier alpha value is -2.04. The van der Waals surface area contributed by atoms with E-state index < -0.39 is 11.9 Å². The summed E-state index contributed by atoms with van der Waals surface area (Å²) in [6, 6.07) is 4.77. The van der Waals surface area contributed by atoms with Crippen molar-refractivity contribution in [1.29, 1.82) is 0 Å². The highest BCUT2D eigenvalue weighted by Crippen LogP contribution is 2.22. The fourth-order valence-electron chi connectivity index (χ4n) is 2.29. The van der Waals surface area contributed by atoms with E-state index in [1.165, 1.54) is 6.07 Å². The second-order valence-electron chi connectivity index (χ2n) is 4.93. The van der Waals surface area contributed by atoms with Crippen molar-refractivity contribution in [3.05, 3.63) is 29.3 Å². The van der Waals surface area contributed by atoms with Crippen LogP contribution in [0.1, 0.15) is 28.8 Å². The number of rotatable bonds is 2. The summed E-state index contributed by atoms with van der Waals surface area (Å²) < 4.78 is 0. The predicted octanol–water partition coefficient (Wildman–Crippen LogP) is 1.64. The zero-order valence-electron chi connectivity index (χ0n) is 10.8. The number of likely N-dealkylation sites (tertiary alicyclic amines) is 1. The molecule has 0 aliphatic carbocycles. The minimum Gasteiger partial charge on any atom is -0.508 e. The van der Waals surface area contributed by atoms with Gasteiger partial charge in [0, 0.05) is 18.7 Å². The zero-order chi connectivity index (χ0) is 14.0. The number of hydrogen-bond acceptors (Lipinski definition) is 3. The second-order valence-corrected chi connectivity index (χ2v) is 4.93. The smallest absolute Gasteiger partial charge is 0.308 e. The highest BCUT2D eigenvalue weighted by Gasteiger charge is 2.28. The van der Waals surface area contributed by atoms with Gasteiger partial charge in [-0.15, -0.1) is 0 Å². The third-order valence-corrected chi connectivity index (χ3v) is 3.51. The van der Waals surface area contributed by atoms with Gasteiger partial charge in [0.05, 0.1) is 5.92 Å². The Morgan fingerprint density at radius 1 is 1.37 bits per heavy atom. The van der Waals surface area contributed by atoms with E-state index in [9.17, 15) is 14.7 Å². The normalized spacial score (nSPS) is 19.2. The summed E-state index contributed by atoms with van der Waals surface area (Å²) in [5, 5.41) is 18.6. The van der Waals surface area contributed by atoms with E-state index in [1.54, 1.807) is 24.0 Å². The number of amides is 1. The van der Waals surface area contributed by atoms with Gasteiger partial charge in [0.2, 0.25) is 0 Å². The number of carboxylic acids is 1. The molecule has 19 heavy (non-hydrogen) atoms. The summed E-state index contributed by atoms with van der Waals surface area (Å²) in [6.07, 6.45) is 1.30. The van der Waals surface area contributed by atoms with Crippen molar-refractivity contribution in [3.8, 4) is 5.75 Å². The molecule has 0 aromatic heterocycles. The van der Waals surface area contributed by atoms with Crippen LogP contribution in [0.3, 0.4) is 0 Å². The molecule has 1 unspecified atom stereocenters. The minimum atomic E-state index is -0.857. The average Bonchev–Trinajstić information content (AvgIpc) is 2.41. The number of aromatic hydroxyl groups is 1. The first-order chi connectivity index (χ1) is 8.99. The molecule has 5 heteroatoms. The molecular formula is C14H17NO4. The van der Waals surface area contributed by atoms with E-state index in [0.717, 1.165) is 0 Å². The van der Waals surface area contributed by atoms with E-state index in [-0.39, 0.29) is 18.2 Å². The van der Waals surface area contributed by atoms with Crippen molar-refractivity contribution in [2.75, 3.05) is 13.1 Å². The number of nitrogens with zero attached hydrogens (tertiary/aromatic N) is 1. The van der Waals surface area contributed by atoms with Crippen LogP contribution in [0.15, 0.2) is 18.2 Å². The SMILES string of the molecule is Cc1ccc(C(=O)N2CCCC(C(=O)O)C2)cc1O. The Labute approximate surface area is 111 Å². The Balaban J connectivity index is 2.14. The molecule has 1 aromatic carbocycles. The summed E-state index contributed by atoms with van der Waals surface area (Å²) in [5.41, 5.74) is 1.10.